The number of primary amides is 1. The van der Waals surface area contributed by atoms with Crippen LogP contribution in [-0.2, 0) is 17.8 Å². The van der Waals surface area contributed by atoms with Crippen LogP contribution in [0.15, 0.2) is 59.8 Å². The van der Waals surface area contributed by atoms with E-state index in [1.807, 2.05) is 49.4 Å². The molecule has 2 aromatic carbocycles. The van der Waals surface area contributed by atoms with Gasteiger partial charge in [0.1, 0.15) is 5.75 Å². The van der Waals surface area contributed by atoms with Gasteiger partial charge in [-0.05, 0) is 42.7 Å². The molecular formula is C21H24N4O2S. The number of hydrogen-bond acceptors (Lipinski definition) is 5. The number of amides is 1. The van der Waals surface area contributed by atoms with E-state index >= 15 is 0 Å². The highest BCUT2D eigenvalue weighted by atomic mass is 32.2. The highest BCUT2D eigenvalue weighted by Crippen LogP contribution is 2.29. The van der Waals surface area contributed by atoms with Crippen molar-refractivity contribution < 1.29 is 9.53 Å². The van der Waals surface area contributed by atoms with Crippen molar-refractivity contribution in [3.63, 3.8) is 0 Å². The molecule has 1 atom stereocenters. The van der Waals surface area contributed by atoms with Crippen LogP contribution in [0.5, 0.6) is 5.75 Å². The first kappa shape index (κ1) is 19.9. The zero-order chi connectivity index (χ0) is 19.9. The molecule has 0 aliphatic rings. The van der Waals surface area contributed by atoms with E-state index in [1.54, 1.807) is 7.11 Å². The molecule has 0 radical (unpaired) electrons. The number of benzene rings is 2. The van der Waals surface area contributed by atoms with Crippen molar-refractivity contribution in [1.82, 2.24) is 14.8 Å². The minimum absolute atomic E-state index is 0.330. The number of aryl methyl sites for hydroxylation is 1. The summed E-state index contributed by atoms with van der Waals surface area (Å²) in [6.45, 7) is 2.65. The van der Waals surface area contributed by atoms with Crippen LogP contribution in [0.2, 0.25) is 0 Å². The van der Waals surface area contributed by atoms with Gasteiger partial charge in [-0.2, -0.15) is 0 Å². The Bertz CT molecular complexity index is 910. The van der Waals surface area contributed by atoms with E-state index in [9.17, 15) is 4.79 Å². The number of aromatic nitrogens is 3. The molecule has 146 valence electrons. The Labute approximate surface area is 169 Å². The fraction of sp³-hybridized carbons (Fsp3) is 0.286. The van der Waals surface area contributed by atoms with E-state index in [4.69, 9.17) is 10.5 Å². The van der Waals surface area contributed by atoms with Crippen LogP contribution in [0.1, 0.15) is 18.9 Å². The smallest absolute Gasteiger partial charge is 0.231 e. The number of ether oxygens (including phenoxy) is 1. The van der Waals surface area contributed by atoms with Crippen LogP contribution in [0, 0.1) is 0 Å². The lowest BCUT2D eigenvalue weighted by Crippen LogP contribution is -2.25. The Balaban J connectivity index is 1.92. The standard InChI is InChI=1S/C21H24N4O2S/c1-3-18(19(22)26)28-21-24-23-20(16-9-11-17(27-2)12-10-16)25(21)14-13-15-7-5-4-6-8-15/h4-12,18H,3,13-14H2,1-2H3,(H2,22,26). The molecule has 0 aliphatic carbocycles. The summed E-state index contributed by atoms with van der Waals surface area (Å²) < 4.78 is 7.30. The Morgan fingerprint density at radius 2 is 1.86 bits per heavy atom. The molecule has 0 saturated carbocycles. The molecule has 1 amide bonds. The average molecular weight is 397 g/mol. The van der Waals surface area contributed by atoms with Gasteiger partial charge in [-0.1, -0.05) is 49.0 Å². The Hall–Kier alpha value is -2.80. The Morgan fingerprint density at radius 3 is 2.46 bits per heavy atom. The number of methoxy groups -OCH3 is 1. The summed E-state index contributed by atoms with van der Waals surface area (Å²) in [7, 11) is 1.64. The number of nitrogens with zero attached hydrogens (tertiary/aromatic N) is 3. The summed E-state index contributed by atoms with van der Waals surface area (Å²) in [4.78, 5) is 11.7. The van der Waals surface area contributed by atoms with Crippen molar-refractivity contribution in [3.8, 4) is 17.1 Å². The molecule has 1 heterocycles. The molecule has 2 N–H and O–H groups in total. The number of thioether (sulfide) groups is 1. The van der Waals surface area contributed by atoms with E-state index in [-0.39, 0.29) is 11.2 Å². The van der Waals surface area contributed by atoms with Crippen molar-refractivity contribution in [2.75, 3.05) is 7.11 Å². The van der Waals surface area contributed by atoms with Crippen molar-refractivity contribution in [3.05, 3.63) is 60.2 Å². The van der Waals surface area contributed by atoms with Crippen LogP contribution >= 0.6 is 11.8 Å². The molecule has 0 saturated heterocycles. The van der Waals surface area contributed by atoms with Crippen molar-refractivity contribution in [2.24, 2.45) is 5.73 Å². The SMILES string of the molecule is CCC(Sc1nnc(-c2ccc(OC)cc2)n1CCc1ccccc1)C(N)=O. The lowest BCUT2D eigenvalue weighted by atomic mass is 10.1. The number of nitrogens with two attached hydrogens (primary N) is 1. The predicted octanol–water partition coefficient (Wildman–Crippen LogP) is 3.55. The van der Waals surface area contributed by atoms with Crippen molar-refractivity contribution in [1.29, 1.82) is 0 Å². The largest absolute Gasteiger partial charge is 0.497 e. The first-order valence-electron chi connectivity index (χ1n) is 9.20. The van der Waals surface area contributed by atoms with Gasteiger partial charge in [0.2, 0.25) is 5.91 Å². The monoisotopic (exact) mass is 396 g/mol. The van der Waals surface area contributed by atoms with Gasteiger partial charge in [-0.15, -0.1) is 10.2 Å². The fourth-order valence-electron chi connectivity index (χ4n) is 2.89. The van der Waals surface area contributed by atoms with Gasteiger partial charge < -0.3 is 15.0 Å². The quantitative estimate of drug-likeness (QED) is 0.559. The number of carbonyl (C=O) groups is 1. The normalized spacial score (nSPS) is 11.9. The van der Waals surface area contributed by atoms with Crippen LogP contribution in [0.4, 0.5) is 0 Å². The maximum absolute atomic E-state index is 11.7. The number of hydrogen-bond donors (Lipinski definition) is 1. The predicted molar refractivity (Wildman–Crippen MR) is 111 cm³/mol. The van der Waals surface area contributed by atoms with Crippen molar-refractivity contribution in [2.45, 2.75) is 36.7 Å². The van der Waals surface area contributed by atoms with Gasteiger partial charge in [-0.3, -0.25) is 4.79 Å². The molecule has 0 aliphatic heterocycles. The van der Waals surface area contributed by atoms with Gasteiger partial charge in [-0.25, -0.2) is 0 Å². The summed E-state index contributed by atoms with van der Waals surface area (Å²) in [5.74, 6) is 1.21. The Kier molecular flexibility index (Phi) is 6.71. The van der Waals surface area contributed by atoms with E-state index < -0.39 is 0 Å². The van der Waals surface area contributed by atoms with Gasteiger partial charge in [0.05, 0.1) is 12.4 Å². The van der Waals surface area contributed by atoms with E-state index in [2.05, 4.69) is 26.9 Å². The summed E-state index contributed by atoms with van der Waals surface area (Å²) in [5, 5.41) is 9.13. The summed E-state index contributed by atoms with van der Waals surface area (Å²) in [6, 6.07) is 18.0. The fourth-order valence-corrected chi connectivity index (χ4v) is 3.82. The third-order valence-electron chi connectivity index (χ3n) is 4.47. The molecule has 7 heteroatoms. The van der Waals surface area contributed by atoms with Crippen LogP contribution in [-0.4, -0.2) is 33.0 Å². The topological polar surface area (TPSA) is 83.0 Å². The molecule has 3 aromatic rings. The maximum Gasteiger partial charge on any atom is 0.231 e. The van der Waals surface area contributed by atoms with Gasteiger partial charge in [0, 0.05) is 12.1 Å². The zero-order valence-electron chi connectivity index (χ0n) is 16.0. The second-order valence-corrected chi connectivity index (χ2v) is 7.51. The van der Waals surface area contributed by atoms with Crippen LogP contribution in [0.3, 0.4) is 0 Å². The zero-order valence-corrected chi connectivity index (χ0v) is 16.9. The lowest BCUT2D eigenvalue weighted by molar-refractivity contribution is -0.117. The third kappa shape index (κ3) is 4.72. The molecule has 28 heavy (non-hydrogen) atoms. The summed E-state index contributed by atoms with van der Waals surface area (Å²) >= 11 is 1.37. The highest BCUT2D eigenvalue weighted by Gasteiger charge is 2.21. The molecular weight excluding hydrogens is 372 g/mol. The second-order valence-electron chi connectivity index (χ2n) is 6.34. The van der Waals surface area contributed by atoms with E-state index in [0.717, 1.165) is 23.6 Å². The minimum atomic E-state index is -0.337. The van der Waals surface area contributed by atoms with Crippen LogP contribution < -0.4 is 10.5 Å². The molecule has 6 nitrogen and oxygen atoms in total. The summed E-state index contributed by atoms with van der Waals surface area (Å²) in [6.07, 6.45) is 1.48. The third-order valence-corrected chi connectivity index (χ3v) is 5.83. The molecule has 0 fully saturated rings. The average Bonchev–Trinajstić information content (AvgIpc) is 3.13. The first-order chi connectivity index (χ1) is 13.6. The Morgan fingerprint density at radius 1 is 1.14 bits per heavy atom. The molecule has 1 unspecified atom stereocenters. The molecule has 0 spiro atoms. The lowest BCUT2D eigenvalue weighted by Gasteiger charge is -2.13. The number of rotatable bonds is 9. The van der Waals surface area contributed by atoms with E-state index in [1.165, 1.54) is 17.3 Å². The highest BCUT2D eigenvalue weighted by molar-refractivity contribution is 8.00. The van der Waals surface area contributed by atoms with Crippen molar-refractivity contribution >= 4 is 17.7 Å². The summed E-state index contributed by atoms with van der Waals surface area (Å²) in [5.41, 5.74) is 7.70. The van der Waals surface area contributed by atoms with Gasteiger partial charge in [0.15, 0.2) is 11.0 Å². The molecule has 0 bridgehead atoms. The van der Waals surface area contributed by atoms with Gasteiger partial charge in [0.25, 0.3) is 0 Å². The van der Waals surface area contributed by atoms with E-state index in [0.29, 0.717) is 18.1 Å². The van der Waals surface area contributed by atoms with Gasteiger partial charge >= 0.3 is 0 Å². The second kappa shape index (κ2) is 9.41. The molecule has 3 rings (SSSR count). The van der Waals surface area contributed by atoms with Crippen LogP contribution in [0.25, 0.3) is 11.4 Å². The number of carbonyl (C=O) groups excluding carboxylic acids is 1. The maximum atomic E-state index is 11.7. The first-order valence-corrected chi connectivity index (χ1v) is 10.1. The molecule has 1 aromatic heterocycles. The minimum Gasteiger partial charge on any atom is -0.497 e.